The second kappa shape index (κ2) is 4.16. The average Bonchev–Trinajstić information content (AvgIpc) is 1.79. The molecule has 0 rings (SSSR count). The first-order valence-corrected chi connectivity index (χ1v) is 4.94. The SMILES string of the molecule is C/C(=C\C(=O)OC(C)(C)C)C(C)(C)C. The van der Waals surface area contributed by atoms with Gasteiger partial charge in [-0.1, -0.05) is 26.3 Å². The van der Waals surface area contributed by atoms with Crippen molar-refractivity contribution in [2.24, 2.45) is 5.41 Å². The maximum absolute atomic E-state index is 11.4. The lowest BCUT2D eigenvalue weighted by Gasteiger charge is -2.21. The van der Waals surface area contributed by atoms with E-state index in [2.05, 4.69) is 20.8 Å². The zero-order valence-electron chi connectivity index (χ0n) is 10.4. The van der Waals surface area contributed by atoms with Crippen LogP contribution in [-0.2, 0) is 9.53 Å². The van der Waals surface area contributed by atoms with Crippen LogP contribution >= 0.6 is 0 Å². The zero-order valence-corrected chi connectivity index (χ0v) is 10.4. The average molecular weight is 198 g/mol. The predicted molar refractivity (Wildman–Crippen MR) is 59.1 cm³/mol. The lowest BCUT2D eigenvalue weighted by Crippen LogP contribution is -2.23. The number of hydrogen-bond donors (Lipinski definition) is 0. The lowest BCUT2D eigenvalue weighted by atomic mass is 9.87. The van der Waals surface area contributed by atoms with Crippen LogP contribution in [0.5, 0.6) is 0 Å². The molecule has 0 saturated heterocycles. The van der Waals surface area contributed by atoms with E-state index in [0.29, 0.717) is 0 Å². The standard InChI is InChI=1S/C12H22O2/c1-9(11(2,3)4)8-10(13)14-12(5,6)7/h8H,1-7H3/b9-8+. The molecule has 0 radical (unpaired) electrons. The summed E-state index contributed by atoms with van der Waals surface area (Å²) in [6, 6.07) is 0. The predicted octanol–water partition coefficient (Wildman–Crippen LogP) is 3.32. The van der Waals surface area contributed by atoms with Gasteiger partial charge in [-0.2, -0.15) is 0 Å². The third kappa shape index (κ3) is 5.79. The van der Waals surface area contributed by atoms with E-state index >= 15 is 0 Å². The van der Waals surface area contributed by atoms with E-state index in [1.807, 2.05) is 27.7 Å². The molecule has 0 aliphatic heterocycles. The van der Waals surface area contributed by atoms with Crippen molar-refractivity contribution in [3.8, 4) is 0 Å². The van der Waals surface area contributed by atoms with Crippen molar-refractivity contribution in [3.05, 3.63) is 11.6 Å². The molecule has 0 unspecified atom stereocenters. The van der Waals surface area contributed by atoms with Gasteiger partial charge in [-0.15, -0.1) is 0 Å². The summed E-state index contributed by atoms with van der Waals surface area (Å²) in [7, 11) is 0. The molecule has 0 aliphatic rings. The van der Waals surface area contributed by atoms with Crippen LogP contribution < -0.4 is 0 Å². The Labute approximate surface area is 87.3 Å². The number of carbonyl (C=O) groups excluding carboxylic acids is 1. The highest BCUT2D eigenvalue weighted by Crippen LogP contribution is 2.24. The Morgan fingerprint density at radius 3 is 1.79 bits per heavy atom. The number of hydrogen-bond acceptors (Lipinski definition) is 2. The van der Waals surface area contributed by atoms with Gasteiger partial charge in [-0.3, -0.25) is 0 Å². The van der Waals surface area contributed by atoms with Gasteiger partial charge >= 0.3 is 5.97 Å². The molecule has 0 aromatic heterocycles. The number of ether oxygens (including phenoxy) is 1. The Bertz CT molecular complexity index is 236. The molecule has 0 saturated carbocycles. The zero-order chi connectivity index (χ0) is 11.6. The highest BCUT2D eigenvalue weighted by atomic mass is 16.6. The lowest BCUT2D eigenvalue weighted by molar-refractivity contribution is -0.148. The molecule has 82 valence electrons. The minimum atomic E-state index is -0.411. The largest absolute Gasteiger partial charge is 0.457 e. The van der Waals surface area contributed by atoms with Crippen LogP contribution in [0.25, 0.3) is 0 Å². The summed E-state index contributed by atoms with van der Waals surface area (Å²) >= 11 is 0. The van der Waals surface area contributed by atoms with Gasteiger partial charge in [0, 0.05) is 6.08 Å². The molecular weight excluding hydrogens is 176 g/mol. The molecule has 0 fully saturated rings. The first-order chi connectivity index (χ1) is 6.02. The molecule has 0 atom stereocenters. The number of rotatable bonds is 1. The summed E-state index contributed by atoms with van der Waals surface area (Å²) in [5, 5.41) is 0. The molecule has 0 aromatic carbocycles. The van der Waals surface area contributed by atoms with Gasteiger partial charge in [-0.25, -0.2) is 4.79 Å². The second-order valence-electron chi connectivity index (χ2n) is 5.61. The van der Waals surface area contributed by atoms with Gasteiger partial charge in [0.2, 0.25) is 0 Å². The fraction of sp³-hybridized carbons (Fsp3) is 0.750. The van der Waals surface area contributed by atoms with Crippen molar-refractivity contribution in [3.63, 3.8) is 0 Å². The monoisotopic (exact) mass is 198 g/mol. The van der Waals surface area contributed by atoms with Crippen LogP contribution in [0.15, 0.2) is 11.6 Å². The van der Waals surface area contributed by atoms with Crippen molar-refractivity contribution in [1.29, 1.82) is 0 Å². The molecule has 0 amide bonds. The summed E-state index contributed by atoms with van der Waals surface area (Å²) in [5.41, 5.74) is 0.648. The minimum Gasteiger partial charge on any atom is -0.457 e. The molecule has 2 heteroatoms. The van der Waals surface area contributed by atoms with Crippen molar-refractivity contribution >= 4 is 5.97 Å². The molecule has 0 aliphatic carbocycles. The van der Waals surface area contributed by atoms with Crippen LogP contribution in [0, 0.1) is 5.41 Å². The third-order valence-corrected chi connectivity index (χ3v) is 1.92. The third-order valence-electron chi connectivity index (χ3n) is 1.92. The van der Waals surface area contributed by atoms with E-state index in [-0.39, 0.29) is 11.4 Å². The smallest absolute Gasteiger partial charge is 0.331 e. The molecular formula is C12H22O2. The second-order valence-corrected chi connectivity index (χ2v) is 5.61. The molecule has 0 heterocycles. The van der Waals surface area contributed by atoms with Gasteiger partial charge in [0.25, 0.3) is 0 Å². The Balaban J connectivity index is 4.46. The van der Waals surface area contributed by atoms with Crippen molar-refractivity contribution in [2.45, 2.75) is 54.1 Å². The van der Waals surface area contributed by atoms with Crippen molar-refractivity contribution in [1.82, 2.24) is 0 Å². The first-order valence-electron chi connectivity index (χ1n) is 4.94. The Morgan fingerprint density at radius 2 is 1.50 bits per heavy atom. The van der Waals surface area contributed by atoms with E-state index in [0.717, 1.165) is 5.57 Å². The van der Waals surface area contributed by atoms with E-state index < -0.39 is 5.60 Å². The summed E-state index contributed by atoms with van der Waals surface area (Å²) < 4.78 is 5.19. The van der Waals surface area contributed by atoms with E-state index in [1.165, 1.54) is 0 Å². The summed E-state index contributed by atoms with van der Waals surface area (Å²) in [5.74, 6) is -0.259. The maximum atomic E-state index is 11.4. The van der Waals surface area contributed by atoms with Gasteiger partial charge in [-0.05, 0) is 33.1 Å². The molecule has 0 aromatic rings. The molecule has 0 bridgehead atoms. The summed E-state index contributed by atoms with van der Waals surface area (Å²) in [4.78, 5) is 11.4. The highest BCUT2D eigenvalue weighted by molar-refractivity contribution is 5.83. The number of carbonyl (C=O) groups is 1. The van der Waals surface area contributed by atoms with Crippen LogP contribution in [0.1, 0.15) is 48.5 Å². The van der Waals surface area contributed by atoms with Crippen molar-refractivity contribution in [2.75, 3.05) is 0 Å². The minimum absolute atomic E-state index is 0.0247. The normalized spacial score (nSPS) is 14.1. The fourth-order valence-corrected chi connectivity index (χ4v) is 0.725. The van der Waals surface area contributed by atoms with E-state index in [1.54, 1.807) is 6.08 Å². The quantitative estimate of drug-likeness (QED) is 0.477. The fourth-order valence-electron chi connectivity index (χ4n) is 0.725. The maximum Gasteiger partial charge on any atom is 0.331 e. The van der Waals surface area contributed by atoms with Crippen LogP contribution in [0.4, 0.5) is 0 Å². The summed E-state index contributed by atoms with van der Waals surface area (Å²) in [6.45, 7) is 13.8. The van der Waals surface area contributed by atoms with Gasteiger partial charge in [0.1, 0.15) is 5.60 Å². The highest BCUT2D eigenvalue weighted by Gasteiger charge is 2.18. The van der Waals surface area contributed by atoms with Crippen molar-refractivity contribution < 1.29 is 9.53 Å². The summed E-state index contributed by atoms with van der Waals surface area (Å²) in [6.07, 6.45) is 1.57. The van der Waals surface area contributed by atoms with Crippen LogP contribution in [0.2, 0.25) is 0 Å². The Hall–Kier alpha value is -0.790. The van der Waals surface area contributed by atoms with E-state index in [9.17, 15) is 4.79 Å². The number of esters is 1. The number of allylic oxidation sites excluding steroid dienone is 1. The van der Waals surface area contributed by atoms with Crippen LogP contribution in [0.3, 0.4) is 0 Å². The Kier molecular flexibility index (Phi) is 3.92. The van der Waals surface area contributed by atoms with Crippen LogP contribution in [-0.4, -0.2) is 11.6 Å². The van der Waals surface area contributed by atoms with E-state index in [4.69, 9.17) is 4.74 Å². The van der Waals surface area contributed by atoms with Gasteiger partial charge in [0.15, 0.2) is 0 Å². The molecule has 14 heavy (non-hydrogen) atoms. The molecule has 2 nitrogen and oxygen atoms in total. The molecule has 0 N–H and O–H groups in total. The van der Waals surface area contributed by atoms with Gasteiger partial charge < -0.3 is 4.74 Å². The van der Waals surface area contributed by atoms with Gasteiger partial charge in [0.05, 0.1) is 0 Å². The molecule has 0 spiro atoms. The first kappa shape index (κ1) is 13.2. The Morgan fingerprint density at radius 1 is 1.07 bits per heavy atom. The topological polar surface area (TPSA) is 26.3 Å².